The second kappa shape index (κ2) is 20.1. The molecule has 3 N–H and O–H groups in total. The molecular weight excluding hydrogens is 662 g/mol. The summed E-state index contributed by atoms with van der Waals surface area (Å²) in [4.78, 5) is 28.8. The van der Waals surface area contributed by atoms with Gasteiger partial charge in [0.2, 0.25) is 0 Å². The first kappa shape index (κ1) is 43.6. The maximum Gasteiger partial charge on any atom is 0.308 e. The maximum atomic E-state index is 13.5. The smallest absolute Gasteiger partial charge is 0.308 e. The molecule has 0 aliphatic carbocycles. The van der Waals surface area contributed by atoms with E-state index in [9.17, 15) is 24.9 Å². The number of likely N-dealkylation sites (N-methyl/N-ethyl adjacent to an activating group) is 1. The minimum Gasteiger partial charge on any atom is -0.462 e. The highest BCUT2D eigenvalue weighted by Crippen LogP contribution is 2.33. The number of esters is 1. The Kier molecular flexibility index (Phi) is 17.2. The summed E-state index contributed by atoms with van der Waals surface area (Å²) in [7, 11) is 6.78. The Morgan fingerprint density at radius 3 is 2.16 bits per heavy atom. The number of hydrogen-bond acceptors (Lipinski definition) is 13. The Morgan fingerprint density at radius 2 is 1.55 bits per heavy atom. The minimum absolute atomic E-state index is 0.0631. The Balaban J connectivity index is 1.90. The van der Waals surface area contributed by atoms with E-state index in [1.165, 1.54) is 14.2 Å². The van der Waals surface area contributed by atoms with Gasteiger partial charge in [0.25, 0.3) is 0 Å². The average molecular weight is 728 g/mol. The van der Waals surface area contributed by atoms with Crippen molar-refractivity contribution in [2.75, 3.05) is 34.9 Å². The molecule has 13 heteroatoms. The molecule has 0 aromatic heterocycles. The zero-order chi connectivity index (χ0) is 38.2. The third kappa shape index (κ3) is 11.6. The van der Waals surface area contributed by atoms with Gasteiger partial charge in [-0.25, -0.2) is 0 Å². The van der Waals surface area contributed by atoms with E-state index in [4.69, 9.17) is 33.2 Å². The van der Waals surface area contributed by atoms with Crippen LogP contribution in [0.3, 0.4) is 0 Å². The summed E-state index contributed by atoms with van der Waals surface area (Å²) in [5.74, 6) is -2.29. The SMILES string of the molecule is CC[C@H]1OC(=O)C[C@@H](O)[C@H](C)[C@@H](O[C@@H]2O[C@H](C)C[C@H](N(C)C)[C@H]2O)[C@@H](C)C[C@@H](C)C(=O)/C=C/C(C)=C/[C@@H]1CO[C@@H]1O[C@H](C)[C@@H](O)[C@@H](OC)[C@H]1OC. The number of allylic oxidation sites excluding steroid dienone is 3. The molecule has 0 aromatic rings. The third-order valence-electron chi connectivity index (χ3n) is 10.7. The van der Waals surface area contributed by atoms with Crippen molar-refractivity contribution in [2.24, 2.45) is 23.7 Å². The lowest BCUT2D eigenvalue weighted by molar-refractivity contribution is -0.304. The summed E-state index contributed by atoms with van der Waals surface area (Å²) >= 11 is 0. The second-order valence-corrected chi connectivity index (χ2v) is 15.1. The summed E-state index contributed by atoms with van der Waals surface area (Å²) in [5.41, 5.74) is 0.771. The van der Waals surface area contributed by atoms with Gasteiger partial charge in [0.15, 0.2) is 18.4 Å². The number of ether oxygens (including phenoxy) is 7. The molecule has 0 amide bonds. The summed E-state index contributed by atoms with van der Waals surface area (Å²) in [6, 6.07) is -0.193. The predicted octanol–water partition coefficient (Wildman–Crippen LogP) is 3.02. The first-order valence-electron chi connectivity index (χ1n) is 18.5. The van der Waals surface area contributed by atoms with Gasteiger partial charge < -0.3 is 53.4 Å². The monoisotopic (exact) mass is 727 g/mol. The van der Waals surface area contributed by atoms with E-state index in [2.05, 4.69) is 0 Å². The number of nitrogens with zero attached hydrogens (tertiary/aromatic N) is 1. The van der Waals surface area contributed by atoms with Crippen LogP contribution in [0.5, 0.6) is 0 Å². The maximum absolute atomic E-state index is 13.5. The number of aliphatic hydroxyl groups is 3. The van der Waals surface area contributed by atoms with Crippen LogP contribution in [-0.4, -0.2) is 140 Å². The van der Waals surface area contributed by atoms with E-state index < -0.39 is 79.2 Å². The number of cyclic esters (lactones) is 1. The van der Waals surface area contributed by atoms with Crippen LogP contribution in [0, 0.1) is 23.7 Å². The van der Waals surface area contributed by atoms with E-state index in [-0.39, 0.29) is 42.8 Å². The van der Waals surface area contributed by atoms with Gasteiger partial charge in [0.05, 0.1) is 37.4 Å². The molecule has 0 radical (unpaired) electrons. The van der Waals surface area contributed by atoms with E-state index in [0.717, 1.165) is 5.57 Å². The highest BCUT2D eigenvalue weighted by atomic mass is 16.7. The fourth-order valence-corrected chi connectivity index (χ4v) is 7.54. The van der Waals surface area contributed by atoms with Crippen LogP contribution < -0.4 is 0 Å². The second-order valence-electron chi connectivity index (χ2n) is 15.1. The molecule has 16 atom stereocenters. The summed E-state index contributed by atoms with van der Waals surface area (Å²) in [6.45, 7) is 13.1. The van der Waals surface area contributed by atoms with Crippen LogP contribution in [0.4, 0.5) is 0 Å². The normalized spacial score (nSPS) is 44.1. The summed E-state index contributed by atoms with van der Waals surface area (Å²) in [5, 5.41) is 33.3. The highest BCUT2D eigenvalue weighted by Gasteiger charge is 2.46. The van der Waals surface area contributed by atoms with Gasteiger partial charge >= 0.3 is 5.97 Å². The van der Waals surface area contributed by atoms with Crippen molar-refractivity contribution < 1.29 is 58.1 Å². The molecule has 0 saturated carbocycles. The lowest BCUT2D eigenvalue weighted by atomic mass is 9.82. The van der Waals surface area contributed by atoms with E-state index in [1.54, 1.807) is 26.0 Å². The Labute approximate surface area is 304 Å². The van der Waals surface area contributed by atoms with Gasteiger partial charge in [-0.15, -0.1) is 0 Å². The van der Waals surface area contributed by atoms with Crippen molar-refractivity contribution in [3.63, 3.8) is 0 Å². The van der Waals surface area contributed by atoms with Gasteiger partial charge in [-0.1, -0.05) is 45.4 Å². The van der Waals surface area contributed by atoms with Crippen molar-refractivity contribution >= 4 is 11.8 Å². The van der Waals surface area contributed by atoms with Crippen LogP contribution in [-0.2, 0) is 42.7 Å². The van der Waals surface area contributed by atoms with Crippen LogP contribution in [0.1, 0.15) is 74.1 Å². The summed E-state index contributed by atoms with van der Waals surface area (Å²) < 4.78 is 41.9. The number of aliphatic hydroxyl groups excluding tert-OH is 3. The third-order valence-corrected chi connectivity index (χ3v) is 10.7. The predicted molar refractivity (Wildman–Crippen MR) is 189 cm³/mol. The van der Waals surface area contributed by atoms with Gasteiger partial charge in [-0.05, 0) is 66.1 Å². The Bertz CT molecular complexity index is 1160. The molecule has 0 spiro atoms. The highest BCUT2D eigenvalue weighted by molar-refractivity contribution is 5.91. The molecule has 2 fully saturated rings. The van der Waals surface area contributed by atoms with Gasteiger partial charge in [0, 0.05) is 38.0 Å². The molecule has 51 heavy (non-hydrogen) atoms. The molecule has 0 aromatic carbocycles. The molecule has 3 aliphatic heterocycles. The standard InChI is InChI=1S/C38H65NO12/c1-12-30-26(19-47-38-36(46-11)35(45-10)32(43)25(7)49-38)15-20(2)13-14-28(40)21(3)16-22(4)34(24(6)29(41)18-31(42)50-30)51-37-33(44)27(39(8)9)17-23(5)48-37/h13-15,21-27,29-30,32-38,41,43-44H,12,16-19H2,1-11H3/b14-13+,20-15+/t21-,22+,23-,24+,25-,26-,27+,29-,30-,32-,33-,34+,35-,36-,37+,38-/m1/s1. The molecule has 0 bridgehead atoms. The minimum atomic E-state index is -1.15. The topological polar surface area (TPSA) is 163 Å². The lowest BCUT2D eigenvalue weighted by Crippen LogP contribution is -2.59. The van der Waals surface area contributed by atoms with Crippen molar-refractivity contribution in [3.8, 4) is 0 Å². The largest absolute Gasteiger partial charge is 0.462 e. The van der Waals surface area contributed by atoms with E-state index in [0.29, 0.717) is 19.3 Å². The Hall–Kier alpha value is -1.78. The van der Waals surface area contributed by atoms with E-state index in [1.807, 2.05) is 59.7 Å². The van der Waals surface area contributed by atoms with Gasteiger partial charge in [0.1, 0.15) is 30.5 Å². The first-order chi connectivity index (χ1) is 24.0. The van der Waals surface area contributed by atoms with E-state index >= 15 is 0 Å². The van der Waals surface area contributed by atoms with Crippen molar-refractivity contribution in [3.05, 3.63) is 23.8 Å². The van der Waals surface area contributed by atoms with Crippen LogP contribution in [0.15, 0.2) is 23.8 Å². The zero-order valence-corrected chi connectivity index (χ0v) is 32.5. The fourth-order valence-electron chi connectivity index (χ4n) is 7.54. The zero-order valence-electron chi connectivity index (χ0n) is 32.5. The van der Waals surface area contributed by atoms with Crippen LogP contribution in [0.25, 0.3) is 0 Å². The van der Waals surface area contributed by atoms with Crippen LogP contribution in [0.2, 0.25) is 0 Å². The number of carbonyl (C=O) groups excluding carboxylic acids is 2. The van der Waals surface area contributed by atoms with Crippen molar-refractivity contribution in [1.29, 1.82) is 0 Å². The molecule has 13 nitrogen and oxygen atoms in total. The quantitative estimate of drug-likeness (QED) is 0.298. The molecule has 3 aliphatic rings. The fraction of sp³-hybridized carbons (Fsp3) is 0.842. The molecule has 294 valence electrons. The van der Waals surface area contributed by atoms with Gasteiger partial charge in [-0.3, -0.25) is 9.59 Å². The Morgan fingerprint density at radius 1 is 0.882 bits per heavy atom. The number of hydrogen-bond donors (Lipinski definition) is 3. The molecule has 3 rings (SSSR count). The molecular formula is C38H65NO12. The molecule has 2 saturated heterocycles. The van der Waals surface area contributed by atoms with Crippen molar-refractivity contribution in [2.45, 2.75) is 148 Å². The number of carbonyl (C=O) groups is 2. The number of methoxy groups -OCH3 is 2. The lowest BCUT2D eigenvalue weighted by Gasteiger charge is -2.44. The molecule has 0 unspecified atom stereocenters. The number of ketones is 1. The van der Waals surface area contributed by atoms with Crippen LogP contribution >= 0.6 is 0 Å². The number of rotatable bonds is 9. The van der Waals surface area contributed by atoms with Crippen molar-refractivity contribution in [1.82, 2.24) is 4.90 Å². The molecule has 3 heterocycles. The van der Waals surface area contributed by atoms with Gasteiger partial charge in [-0.2, -0.15) is 0 Å². The first-order valence-corrected chi connectivity index (χ1v) is 18.5. The average Bonchev–Trinajstić information content (AvgIpc) is 3.08. The summed E-state index contributed by atoms with van der Waals surface area (Å²) in [6.07, 6.45) is -1.84.